The number of nitrogens with zero attached hydrogens (tertiary/aromatic N) is 1. The molecule has 1 aromatic rings. The summed E-state index contributed by atoms with van der Waals surface area (Å²) in [7, 11) is 4.14. The summed E-state index contributed by atoms with van der Waals surface area (Å²) in [5, 5.41) is 0. The van der Waals surface area contributed by atoms with Crippen LogP contribution in [-0.2, 0) is 6.42 Å². The van der Waals surface area contributed by atoms with E-state index in [4.69, 9.17) is 0 Å². The van der Waals surface area contributed by atoms with Crippen LogP contribution in [0.25, 0.3) is 11.1 Å². The molecule has 0 saturated heterocycles. The molecule has 3 rings (SSSR count). The van der Waals surface area contributed by atoms with E-state index in [0.717, 1.165) is 6.42 Å². The van der Waals surface area contributed by atoms with E-state index in [1.807, 2.05) is 0 Å². The second kappa shape index (κ2) is 5.38. The second-order valence-corrected chi connectivity index (χ2v) is 5.38. The van der Waals surface area contributed by atoms with Crippen molar-refractivity contribution in [3.63, 3.8) is 0 Å². The van der Waals surface area contributed by atoms with Gasteiger partial charge in [0.2, 0.25) is 0 Å². The lowest BCUT2D eigenvalue weighted by Gasteiger charge is -2.12. The van der Waals surface area contributed by atoms with Gasteiger partial charge in [-0.3, -0.25) is 0 Å². The molecule has 100 valence electrons. The Morgan fingerprint density at radius 3 is 2.25 bits per heavy atom. The van der Waals surface area contributed by atoms with E-state index in [-0.39, 0.29) is 0 Å². The minimum atomic E-state index is 0.987. The van der Waals surface area contributed by atoms with Gasteiger partial charge >= 0.3 is 0 Å². The maximum Gasteiger partial charge on any atom is 0.0361 e. The van der Waals surface area contributed by atoms with Crippen LogP contribution in [0.3, 0.4) is 0 Å². The molecular weight excluding hydrogens is 242 g/mol. The summed E-state index contributed by atoms with van der Waals surface area (Å²) in [6.07, 6.45) is 0.987. The minimum Gasteiger partial charge on any atom is -0.378 e. The van der Waals surface area contributed by atoms with Crippen LogP contribution in [0.2, 0.25) is 0 Å². The van der Waals surface area contributed by atoms with E-state index in [1.165, 1.54) is 27.9 Å². The summed E-state index contributed by atoms with van der Waals surface area (Å²) in [5.74, 6) is 0. The minimum absolute atomic E-state index is 0.987. The Bertz CT molecular complexity index is 668. The van der Waals surface area contributed by atoms with Gasteiger partial charge < -0.3 is 4.90 Å². The molecule has 0 aliphatic heterocycles. The molecule has 20 heavy (non-hydrogen) atoms. The van der Waals surface area contributed by atoms with E-state index < -0.39 is 0 Å². The predicted octanol–water partition coefficient (Wildman–Crippen LogP) is 4.45. The molecule has 0 saturated carbocycles. The quantitative estimate of drug-likeness (QED) is 0.673. The van der Waals surface area contributed by atoms with Crippen LogP contribution in [0.15, 0.2) is 66.7 Å². The van der Waals surface area contributed by atoms with E-state index in [1.54, 1.807) is 0 Å². The van der Waals surface area contributed by atoms with Crippen LogP contribution >= 0.6 is 0 Å². The fourth-order valence-electron chi connectivity index (χ4n) is 2.57. The summed E-state index contributed by atoms with van der Waals surface area (Å²) in [6.45, 7) is 0. The number of benzene rings is 1. The van der Waals surface area contributed by atoms with Crippen molar-refractivity contribution < 1.29 is 0 Å². The summed E-state index contributed by atoms with van der Waals surface area (Å²) in [5.41, 5.74) is 6.66. The number of hydrogen-bond donors (Lipinski definition) is 0. The van der Waals surface area contributed by atoms with Crippen LogP contribution in [0.5, 0.6) is 0 Å². The molecule has 0 N–H and O–H groups in total. The van der Waals surface area contributed by atoms with Crippen molar-refractivity contribution in [2.24, 2.45) is 0 Å². The van der Waals surface area contributed by atoms with Crippen molar-refractivity contribution in [2.75, 3.05) is 19.0 Å². The third kappa shape index (κ3) is 2.53. The molecule has 1 aromatic carbocycles. The van der Waals surface area contributed by atoms with Gasteiger partial charge in [0.15, 0.2) is 0 Å². The zero-order valence-corrected chi connectivity index (χ0v) is 12.0. The van der Waals surface area contributed by atoms with Gasteiger partial charge in [-0.15, -0.1) is 0 Å². The second-order valence-electron chi connectivity index (χ2n) is 5.38. The molecule has 0 heterocycles. The summed E-state index contributed by atoms with van der Waals surface area (Å²) in [6, 6.07) is 23.9. The number of rotatable bonds is 3. The molecule has 2 aliphatic carbocycles. The van der Waals surface area contributed by atoms with Crippen molar-refractivity contribution in [3.05, 3.63) is 77.9 Å². The molecule has 1 nitrogen and oxygen atoms in total. The van der Waals surface area contributed by atoms with Gasteiger partial charge in [-0.1, -0.05) is 54.6 Å². The zero-order valence-electron chi connectivity index (χ0n) is 12.0. The molecule has 0 atom stereocenters. The average Bonchev–Trinajstić information content (AvgIpc) is 2.69. The fraction of sp³-hybridized carbons (Fsp3) is 0.158. The smallest absolute Gasteiger partial charge is 0.0361 e. The van der Waals surface area contributed by atoms with Crippen molar-refractivity contribution >= 4 is 5.69 Å². The molecule has 1 heteroatoms. The van der Waals surface area contributed by atoms with Crippen molar-refractivity contribution in [1.29, 1.82) is 0 Å². The van der Waals surface area contributed by atoms with Crippen molar-refractivity contribution in [3.8, 4) is 11.1 Å². The average molecular weight is 261 g/mol. The van der Waals surface area contributed by atoms with Crippen LogP contribution < -0.4 is 4.90 Å². The van der Waals surface area contributed by atoms with Crippen molar-refractivity contribution in [1.82, 2.24) is 0 Å². The summed E-state index contributed by atoms with van der Waals surface area (Å²) in [4.78, 5) is 2.13. The number of hydrogen-bond acceptors (Lipinski definition) is 1. The summed E-state index contributed by atoms with van der Waals surface area (Å²) < 4.78 is 0. The Kier molecular flexibility index (Phi) is 3.42. The van der Waals surface area contributed by atoms with Gasteiger partial charge in [0, 0.05) is 19.8 Å². The monoisotopic (exact) mass is 261 g/mol. The Hall–Kier alpha value is -2.28. The van der Waals surface area contributed by atoms with E-state index in [2.05, 4.69) is 85.7 Å². The Morgan fingerprint density at radius 1 is 0.750 bits per heavy atom. The largest absolute Gasteiger partial charge is 0.378 e. The lowest BCUT2D eigenvalue weighted by atomic mass is 10.0. The van der Waals surface area contributed by atoms with Crippen molar-refractivity contribution in [2.45, 2.75) is 6.42 Å². The fourth-order valence-corrected chi connectivity index (χ4v) is 2.57. The number of fused-ring (bicyclic) bond motifs is 1. The summed E-state index contributed by atoms with van der Waals surface area (Å²) >= 11 is 0. The van der Waals surface area contributed by atoms with E-state index in [0.29, 0.717) is 0 Å². The normalized spacial score (nSPS) is 10.7. The first-order valence-corrected chi connectivity index (χ1v) is 6.97. The highest BCUT2D eigenvalue weighted by Crippen LogP contribution is 2.28. The Labute approximate surface area is 120 Å². The van der Waals surface area contributed by atoms with Crippen LogP contribution in [-0.4, -0.2) is 14.1 Å². The van der Waals surface area contributed by atoms with Gasteiger partial charge in [-0.25, -0.2) is 0 Å². The predicted molar refractivity (Wildman–Crippen MR) is 86.6 cm³/mol. The molecule has 0 aromatic heterocycles. The van der Waals surface area contributed by atoms with Crippen LogP contribution in [0.1, 0.15) is 11.1 Å². The van der Waals surface area contributed by atoms with Gasteiger partial charge in [0.05, 0.1) is 0 Å². The molecule has 0 amide bonds. The van der Waals surface area contributed by atoms with Crippen LogP contribution in [0.4, 0.5) is 5.69 Å². The third-order valence-electron chi connectivity index (χ3n) is 3.73. The maximum absolute atomic E-state index is 2.24. The van der Waals surface area contributed by atoms with Gasteiger partial charge in [-0.05, 0) is 40.8 Å². The molecule has 0 radical (unpaired) electrons. The van der Waals surface area contributed by atoms with Gasteiger partial charge in [0.25, 0.3) is 0 Å². The maximum atomic E-state index is 2.24. The Balaban J connectivity index is 1.87. The molecule has 0 unspecified atom stereocenters. The van der Waals surface area contributed by atoms with Gasteiger partial charge in [-0.2, -0.15) is 0 Å². The van der Waals surface area contributed by atoms with E-state index in [9.17, 15) is 0 Å². The standard InChI is InChI=1S/C19H19N/c1-20(2)18-12-8-15(9-13-18)14-17-11-10-16-6-4-3-5-7-19(16)17/h3-13H,14H2,1-2H3. The third-order valence-corrected chi connectivity index (χ3v) is 3.73. The van der Waals surface area contributed by atoms with Gasteiger partial charge in [0.1, 0.15) is 0 Å². The highest BCUT2D eigenvalue weighted by atomic mass is 15.1. The highest BCUT2D eigenvalue weighted by Gasteiger charge is 2.08. The first-order chi connectivity index (χ1) is 9.74. The van der Waals surface area contributed by atoms with E-state index >= 15 is 0 Å². The molecule has 0 fully saturated rings. The highest BCUT2D eigenvalue weighted by molar-refractivity contribution is 5.70. The van der Waals surface area contributed by atoms with Crippen LogP contribution in [0, 0.1) is 0 Å². The molecule has 0 bridgehead atoms. The first kappa shape index (κ1) is 12.7. The molecule has 2 aliphatic rings. The number of anilines is 1. The SMILES string of the molecule is CN(C)c1ccc(Cc2ccc3cccccc2-3)cc1. The lowest BCUT2D eigenvalue weighted by Crippen LogP contribution is -2.08. The molecular formula is C19H19N. The first-order valence-electron chi connectivity index (χ1n) is 6.97. The Morgan fingerprint density at radius 2 is 1.50 bits per heavy atom. The zero-order chi connectivity index (χ0) is 13.9. The lowest BCUT2D eigenvalue weighted by molar-refractivity contribution is 1.12. The molecule has 0 spiro atoms. The topological polar surface area (TPSA) is 3.24 Å².